The van der Waals surface area contributed by atoms with E-state index < -0.39 is 18.0 Å². The van der Waals surface area contributed by atoms with Crippen LogP contribution in [0.1, 0.15) is 40.1 Å². The minimum absolute atomic E-state index is 0.0472. The molecule has 0 fully saturated rings. The fourth-order valence-corrected chi connectivity index (χ4v) is 3.92. The monoisotopic (exact) mass is 526 g/mol. The molecule has 0 atom stereocenters. The number of thioether (sulfide) groups is 1. The number of hydrogen-bond donors (Lipinski definition) is 3. The highest BCUT2D eigenvalue weighted by atomic mass is 32.2. The number of amides is 2. The van der Waals surface area contributed by atoms with Gasteiger partial charge in [-0.25, -0.2) is 9.59 Å². The van der Waals surface area contributed by atoms with Gasteiger partial charge < -0.3 is 34.5 Å². The van der Waals surface area contributed by atoms with Crippen molar-refractivity contribution in [2.75, 3.05) is 33.1 Å². The Morgan fingerprint density at radius 3 is 2.66 bits per heavy atom. The number of thiocarbonyl (C=S) groups is 1. The zero-order valence-electron chi connectivity index (χ0n) is 19.6. The summed E-state index contributed by atoms with van der Waals surface area (Å²) in [5, 5.41) is 19.1. The molecule has 0 bridgehead atoms. The van der Waals surface area contributed by atoms with E-state index in [9.17, 15) is 19.5 Å². The number of benzene rings is 1. The van der Waals surface area contributed by atoms with Gasteiger partial charge in [-0.15, -0.1) is 0 Å². The van der Waals surface area contributed by atoms with Crippen LogP contribution in [0, 0.1) is 6.92 Å². The van der Waals surface area contributed by atoms with Crippen LogP contribution < -0.4 is 15.4 Å². The van der Waals surface area contributed by atoms with Crippen molar-refractivity contribution in [3.63, 3.8) is 0 Å². The van der Waals surface area contributed by atoms with Crippen LogP contribution in [0.25, 0.3) is 0 Å². The fourth-order valence-electron chi connectivity index (χ4n) is 2.87. The van der Waals surface area contributed by atoms with Crippen LogP contribution in [0.4, 0.5) is 4.79 Å². The minimum Gasteiger partial charge on any atom is -0.507 e. The molecule has 0 saturated carbocycles. The summed E-state index contributed by atoms with van der Waals surface area (Å²) >= 11 is 6.46. The third kappa shape index (κ3) is 7.55. The molecule has 2 rings (SSSR count). The van der Waals surface area contributed by atoms with E-state index in [0.717, 1.165) is 0 Å². The molecule has 1 aromatic carbocycles. The molecule has 0 spiro atoms. The highest BCUT2D eigenvalue weighted by Gasteiger charge is 2.22. The summed E-state index contributed by atoms with van der Waals surface area (Å²) in [7, 11) is 2.71. The van der Waals surface area contributed by atoms with E-state index in [1.54, 1.807) is 13.8 Å². The Labute approximate surface area is 211 Å². The number of nitrogens with zero attached hydrogens (tertiary/aromatic N) is 2. The lowest BCUT2D eigenvalue weighted by molar-refractivity contribution is -0.114. The normalized spacial score (nSPS) is 10.4. The Bertz CT molecular complexity index is 1090. The summed E-state index contributed by atoms with van der Waals surface area (Å²) in [6, 6.07) is 1.44. The molecule has 0 radical (unpaired) electrons. The average Bonchev–Trinajstić information content (AvgIpc) is 3.32. The lowest BCUT2D eigenvalue weighted by Crippen LogP contribution is -2.32. The van der Waals surface area contributed by atoms with Crippen LogP contribution in [-0.4, -0.2) is 71.2 Å². The Kier molecular flexibility index (Phi) is 10.7. The maximum absolute atomic E-state index is 12.3. The number of phenolic OH excluding ortho intramolecular Hbond substituents is 1. The van der Waals surface area contributed by atoms with Gasteiger partial charge in [0, 0.05) is 35.2 Å². The molecule has 3 N–H and O–H groups in total. The van der Waals surface area contributed by atoms with Crippen molar-refractivity contribution in [2.45, 2.75) is 26.1 Å². The van der Waals surface area contributed by atoms with E-state index in [2.05, 4.69) is 20.8 Å². The third-order valence-corrected chi connectivity index (χ3v) is 5.89. The molecular formula is C21H26N4O8S2. The first-order valence-corrected chi connectivity index (χ1v) is 11.9. The number of nitrogens with one attached hydrogen (secondary N) is 2. The van der Waals surface area contributed by atoms with Crippen LogP contribution in [0.15, 0.2) is 10.6 Å². The Morgan fingerprint density at radius 2 is 2.00 bits per heavy atom. The van der Waals surface area contributed by atoms with Crippen molar-refractivity contribution in [2.24, 2.45) is 0 Å². The SMILES string of the molecule is CCOC(=O)NCc1noc(C(=S)C(=O)NCCSCc2c(O)cc(OC)c(C)c2C(=O)OC)n1. The summed E-state index contributed by atoms with van der Waals surface area (Å²) in [4.78, 5) is 39.6. The van der Waals surface area contributed by atoms with E-state index >= 15 is 0 Å². The molecule has 0 aliphatic carbocycles. The number of esters is 1. The molecule has 0 aliphatic heterocycles. The number of aromatic hydroxyl groups is 1. The van der Waals surface area contributed by atoms with E-state index in [1.807, 2.05) is 0 Å². The second kappa shape index (κ2) is 13.5. The van der Waals surface area contributed by atoms with Gasteiger partial charge in [-0.3, -0.25) is 4.79 Å². The molecule has 2 amide bonds. The van der Waals surface area contributed by atoms with Gasteiger partial charge in [0.25, 0.3) is 11.8 Å². The first-order valence-electron chi connectivity index (χ1n) is 10.3. The predicted octanol–water partition coefficient (Wildman–Crippen LogP) is 1.89. The van der Waals surface area contributed by atoms with Crippen molar-refractivity contribution in [3.05, 3.63) is 34.5 Å². The minimum atomic E-state index is -0.631. The first-order chi connectivity index (χ1) is 16.7. The van der Waals surface area contributed by atoms with Crippen LogP contribution in [0.3, 0.4) is 0 Å². The number of aromatic nitrogens is 2. The Morgan fingerprint density at radius 1 is 1.26 bits per heavy atom. The van der Waals surface area contributed by atoms with Crippen molar-refractivity contribution < 1.29 is 38.2 Å². The maximum atomic E-state index is 12.3. The summed E-state index contributed by atoms with van der Waals surface area (Å²) in [5.74, 6) is -0.134. The predicted molar refractivity (Wildman–Crippen MR) is 130 cm³/mol. The molecule has 0 saturated heterocycles. The first kappa shape index (κ1) is 27.9. The smallest absolute Gasteiger partial charge is 0.407 e. The molecule has 1 aromatic heterocycles. The topological polar surface area (TPSA) is 162 Å². The van der Waals surface area contributed by atoms with Crippen molar-refractivity contribution in [3.8, 4) is 11.5 Å². The Hall–Kier alpha value is -3.39. The van der Waals surface area contributed by atoms with Gasteiger partial charge in [0.15, 0.2) is 10.7 Å². The summed E-state index contributed by atoms with van der Waals surface area (Å²) in [6.07, 6.45) is -0.631. The van der Waals surface area contributed by atoms with Crippen LogP contribution >= 0.6 is 24.0 Å². The van der Waals surface area contributed by atoms with E-state index in [-0.39, 0.29) is 47.6 Å². The largest absolute Gasteiger partial charge is 0.507 e. The lowest BCUT2D eigenvalue weighted by atomic mass is 10.0. The zero-order chi connectivity index (χ0) is 26.0. The third-order valence-electron chi connectivity index (χ3n) is 4.55. The number of alkyl carbamates (subject to hydrolysis) is 1. The van der Waals surface area contributed by atoms with Crippen LogP contribution in [-0.2, 0) is 26.6 Å². The quantitative estimate of drug-likeness (QED) is 0.160. The van der Waals surface area contributed by atoms with E-state index in [4.69, 9.17) is 31.0 Å². The lowest BCUT2D eigenvalue weighted by Gasteiger charge is -2.16. The number of methoxy groups -OCH3 is 2. The highest BCUT2D eigenvalue weighted by molar-refractivity contribution is 7.98. The average molecular weight is 527 g/mol. The number of rotatable bonds is 12. The summed E-state index contributed by atoms with van der Waals surface area (Å²) in [6.45, 7) is 3.80. The maximum Gasteiger partial charge on any atom is 0.407 e. The number of ether oxygens (including phenoxy) is 3. The van der Waals surface area contributed by atoms with Gasteiger partial charge in [-0.05, 0) is 13.8 Å². The number of carbonyl (C=O) groups is 3. The molecule has 14 heteroatoms. The van der Waals surface area contributed by atoms with Gasteiger partial charge in [0.1, 0.15) is 11.5 Å². The summed E-state index contributed by atoms with van der Waals surface area (Å²) < 4.78 is 19.7. The zero-order valence-corrected chi connectivity index (χ0v) is 21.3. The Balaban J connectivity index is 1.87. The van der Waals surface area contributed by atoms with Gasteiger partial charge >= 0.3 is 12.1 Å². The second-order valence-electron chi connectivity index (χ2n) is 6.80. The fraction of sp³-hybridized carbons (Fsp3) is 0.429. The van der Waals surface area contributed by atoms with Gasteiger partial charge in [0.05, 0.1) is 32.9 Å². The van der Waals surface area contributed by atoms with Crippen LogP contribution in [0.2, 0.25) is 0 Å². The molecule has 1 heterocycles. The van der Waals surface area contributed by atoms with Crippen LogP contribution in [0.5, 0.6) is 11.5 Å². The molecular weight excluding hydrogens is 500 g/mol. The van der Waals surface area contributed by atoms with E-state index in [1.165, 1.54) is 32.0 Å². The molecule has 0 aliphatic rings. The van der Waals surface area contributed by atoms with E-state index in [0.29, 0.717) is 28.4 Å². The van der Waals surface area contributed by atoms with Crippen molar-refractivity contribution in [1.29, 1.82) is 0 Å². The molecule has 0 unspecified atom stereocenters. The van der Waals surface area contributed by atoms with Gasteiger partial charge in [0.2, 0.25) is 0 Å². The number of hydrogen-bond acceptors (Lipinski definition) is 12. The molecule has 12 nitrogen and oxygen atoms in total. The standard InChI is InChI=1S/C21H26N4O8S2/c1-5-32-21(29)23-9-15-24-19(33-25-15)17(34)18(27)22-6-7-35-10-12-13(26)8-14(30-3)11(2)16(12)20(28)31-4/h8,26H,5-7,9-10H2,1-4H3,(H,22,27)(H,23,29). The molecule has 190 valence electrons. The van der Waals surface area contributed by atoms with Gasteiger partial charge in [-0.2, -0.15) is 16.7 Å². The second-order valence-corrected chi connectivity index (χ2v) is 8.31. The summed E-state index contributed by atoms with van der Waals surface area (Å²) in [5.41, 5.74) is 1.21. The van der Waals surface area contributed by atoms with Gasteiger partial charge in [-0.1, -0.05) is 17.4 Å². The number of phenols is 1. The number of carbonyl (C=O) groups excluding carboxylic acids is 3. The molecule has 2 aromatic rings. The van der Waals surface area contributed by atoms with Crippen molar-refractivity contribution >= 4 is 46.8 Å². The van der Waals surface area contributed by atoms with Crippen molar-refractivity contribution in [1.82, 2.24) is 20.8 Å². The highest BCUT2D eigenvalue weighted by Crippen LogP contribution is 2.35. The molecule has 35 heavy (non-hydrogen) atoms.